The summed E-state index contributed by atoms with van der Waals surface area (Å²) in [6.45, 7) is 5.15. The molecule has 0 aromatic carbocycles. The van der Waals surface area contributed by atoms with Crippen LogP contribution in [0, 0.1) is 17.8 Å². The van der Waals surface area contributed by atoms with Gasteiger partial charge in [0.2, 0.25) is 0 Å². The van der Waals surface area contributed by atoms with E-state index in [4.69, 9.17) is 4.74 Å². The van der Waals surface area contributed by atoms with Crippen LogP contribution in [0.5, 0.6) is 0 Å². The minimum Gasteiger partial charge on any atom is -0.381 e. The monoisotopic (exact) mass is 457 g/mol. The van der Waals surface area contributed by atoms with E-state index in [1.54, 1.807) is 0 Å². The van der Waals surface area contributed by atoms with E-state index in [9.17, 15) is 0 Å². The molecule has 6 saturated heterocycles. The van der Waals surface area contributed by atoms with Crippen molar-refractivity contribution in [2.45, 2.75) is 138 Å². The first-order chi connectivity index (χ1) is 15.7. The van der Waals surface area contributed by atoms with Crippen molar-refractivity contribution in [3.63, 3.8) is 0 Å². The van der Waals surface area contributed by atoms with E-state index in [1.807, 2.05) is 7.11 Å². The van der Waals surface area contributed by atoms with E-state index in [0.717, 1.165) is 35.9 Å². The molecule has 6 aliphatic rings. The van der Waals surface area contributed by atoms with Crippen molar-refractivity contribution in [2.24, 2.45) is 17.8 Å². The van der Waals surface area contributed by atoms with Crippen LogP contribution in [0.15, 0.2) is 0 Å². The molecule has 0 radical (unpaired) electrons. The molecule has 6 heterocycles. The van der Waals surface area contributed by atoms with Gasteiger partial charge in [0.05, 0.1) is 6.10 Å². The summed E-state index contributed by atoms with van der Waals surface area (Å²) in [6, 6.07) is 2.40. The summed E-state index contributed by atoms with van der Waals surface area (Å²) < 4.78 is 5.94. The second-order valence-corrected chi connectivity index (χ2v) is 14.0. The maximum absolute atomic E-state index is 5.94. The molecule has 188 valence electrons. The van der Waals surface area contributed by atoms with Crippen LogP contribution in [0.25, 0.3) is 0 Å². The lowest BCUT2D eigenvalue weighted by Crippen LogP contribution is -2.59. The van der Waals surface area contributed by atoms with Gasteiger partial charge in [0.15, 0.2) is 0 Å². The van der Waals surface area contributed by atoms with Crippen LogP contribution in [0.3, 0.4) is 0 Å². The van der Waals surface area contributed by atoms with Gasteiger partial charge >= 0.3 is 0 Å². The van der Waals surface area contributed by atoms with Crippen molar-refractivity contribution < 1.29 is 4.74 Å². The first-order valence-corrected chi connectivity index (χ1v) is 14.4. The number of nitrogens with zero attached hydrogens (tertiary/aromatic N) is 3. The fraction of sp³-hybridized carbons (Fsp3) is 1.00. The van der Waals surface area contributed by atoms with Gasteiger partial charge in [-0.15, -0.1) is 0 Å². The van der Waals surface area contributed by atoms with Crippen LogP contribution < -0.4 is 0 Å². The number of ether oxygens (including phenoxy) is 1. The number of hydrogen-bond acceptors (Lipinski definition) is 4. The Bertz CT molecular complexity index is 759. The molecule has 6 bridgehead atoms. The third-order valence-electron chi connectivity index (χ3n) is 13.0. The van der Waals surface area contributed by atoms with Crippen molar-refractivity contribution in [3.8, 4) is 0 Å². The van der Waals surface area contributed by atoms with Crippen LogP contribution in [0.4, 0.5) is 0 Å². The van der Waals surface area contributed by atoms with E-state index in [1.165, 1.54) is 83.5 Å². The predicted octanol–water partition coefficient (Wildman–Crippen LogP) is 5.16. The van der Waals surface area contributed by atoms with Gasteiger partial charge in [-0.3, -0.25) is 14.7 Å². The Morgan fingerprint density at radius 3 is 2.27 bits per heavy atom. The fourth-order valence-electron chi connectivity index (χ4n) is 10.7. The first kappa shape index (κ1) is 23.3. The molecule has 10 atom stereocenters. The lowest BCUT2D eigenvalue weighted by molar-refractivity contribution is -0.0674. The van der Waals surface area contributed by atoms with Crippen LogP contribution in [-0.2, 0) is 4.74 Å². The van der Waals surface area contributed by atoms with Crippen LogP contribution in [-0.4, -0.2) is 83.8 Å². The van der Waals surface area contributed by atoms with E-state index < -0.39 is 0 Å². The van der Waals surface area contributed by atoms with Crippen molar-refractivity contribution in [2.75, 3.05) is 28.3 Å². The molecular weight excluding hydrogens is 406 g/mol. The molecular formula is C29H51N3O. The average Bonchev–Trinajstić information content (AvgIpc) is 3.19. The highest BCUT2D eigenvalue weighted by Crippen LogP contribution is 2.57. The molecule has 0 aromatic rings. The second kappa shape index (κ2) is 7.92. The smallest absolute Gasteiger partial charge is 0.0603 e. The molecule has 0 saturated carbocycles. The highest BCUT2D eigenvalue weighted by Gasteiger charge is 2.59. The standard InChI is InChI=1S/C29H51N3O/c1-20-16-28(17-21-7-11-27(2)12-9-25(21)31(27)4)14-10-26(32(28)5)24(20)19-29-13-8-22(30(29)3)15-23(18-29)33-6/h20-26H,7-19H2,1-6H3/t20?,21?,22?,23?,24?,25?,26?,27-,28?,29?/m0/s1. The third-order valence-corrected chi connectivity index (χ3v) is 13.0. The first-order valence-electron chi connectivity index (χ1n) is 14.4. The summed E-state index contributed by atoms with van der Waals surface area (Å²) >= 11 is 0. The largest absolute Gasteiger partial charge is 0.381 e. The topological polar surface area (TPSA) is 19.0 Å². The maximum Gasteiger partial charge on any atom is 0.0603 e. The van der Waals surface area contributed by atoms with Gasteiger partial charge in [-0.1, -0.05) is 6.92 Å². The van der Waals surface area contributed by atoms with Crippen LogP contribution in [0.1, 0.15) is 97.3 Å². The van der Waals surface area contributed by atoms with E-state index in [0.29, 0.717) is 22.7 Å². The van der Waals surface area contributed by atoms with Crippen molar-refractivity contribution in [1.82, 2.24) is 14.7 Å². The average molecular weight is 458 g/mol. The van der Waals surface area contributed by atoms with Crippen molar-refractivity contribution in [1.29, 1.82) is 0 Å². The van der Waals surface area contributed by atoms with Gasteiger partial charge in [-0.25, -0.2) is 0 Å². The Balaban J connectivity index is 1.19. The quantitative estimate of drug-likeness (QED) is 0.567. The summed E-state index contributed by atoms with van der Waals surface area (Å²) in [5.41, 5.74) is 1.37. The molecule has 0 N–H and O–H groups in total. The maximum atomic E-state index is 5.94. The van der Waals surface area contributed by atoms with Crippen LogP contribution >= 0.6 is 0 Å². The molecule has 9 unspecified atom stereocenters. The predicted molar refractivity (Wildman–Crippen MR) is 135 cm³/mol. The summed E-state index contributed by atoms with van der Waals surface area (Å²) in [4.78, 5) is 8.54. The number of rotatable bonds is 5. The SMILES string of the molecule is COC1CC2CCC(CC3C(C)CC4(CC5CC[C@@]6(C)CCC5N6C)CCC3N4C)(C1)N2C. The summed E-state index contributed by atoms with van der Waals surface area (Å²) in [6.07, 6.45) is 18.7. The fourth-order valence-corrected chi connectivity index (χ4v) is 10.7. The van der Waals surface area contributed by atoms with Gasteiger partial charge in [0, 0.05) is 41.9 Å². The van der Waals surface area contributed by atoms with Gasteiger partial charge in [0.1, 0.15) is 0 Å². The normalized spacial score (nSPS) is 54.9. The molecule has 4 nitrogen and oxygen atoms in total. The summed E-state index contributed by atoms with van der Waals surface area (Å²) in [5.74, 6) is 2.62. The van der Waals surface area contributed by atoms with Gasteiger partial charge < -0.3 is 4.74 Å². The van der Waals surface area contributed by atoms with Crippen LogP contribution in [0.2, 0.25) is 0 Å². The number of piperidine rings is 3. The lowest BCUT2D eigenvalue weighted by Gasteiger charge is -2.55. The molecule has 4 heteroatoms. The van der Waals surface area contributed by atoms with Gasteiger partial charge in [-0.05, 0) is 129 Å². The van der Waals surface area contributed by atoms with Gasteiger partial charge in [0.25, 0.3) is 0 Å². The van der Waals surface area contributed by atoms with E-state index in [2.05, 4.69) is 49.7 Å². The number of methoxy groups -OCH3 is 1. The minimum absolute atomic E-state index is 0.395. The molecule has 0 amide bonds. The Kier molecular flexibility index (Phi) is 5.58. The third kappa shape index (κ3) is 3.36. The van der Waals surface area contributed by atoms with E-state index >= 15 is 0 Å². The van der Waals surface area contributed by atoms with Gasteiger partial charge in [-0.2, -0.15) is 0 Å². The molecule has 0 spiro atoms. The molecule has 6 fully saturated rings. The molecule has 33 heavy (non-hydrogen) atoms. The molecule has 0 aliphatic carbocycles. The summed E-state index contributed by atoms with van der Waals surface area (Å²) in [5, 5.41) is 0. The minimum atomic E-state index is 0.395. The Morgan fingerprint density at radius 1 is 0.788 bits per heavy atom. The lowest BCUT2D eigenvalue weighted by atomic mass is 9.67. The zero-order valence-corrected chi connectivity index (χ0v) is 22.5. The van der Waals surface area contributed by atoms with Crippen molar-refractivity contribution >= 4 is 0 Å². The van der Waals surface area contributed by atoms with Crippen molar-refractivity contribution in [3.05, 3.63) is 0 Å². The molecule has 0 aromatic heterocycles. The Labute approximate surface area is 203 Å². The van der Waals surface area contributed by atoms with E-state index in [-0.39, 0.29) is 0 Å². The molecule has 6 aliphatic heterocycles. The number of hydrogen-bond donors (Lipinski definition) is 0. The number of fused-ring (bicyclic) bond motifs is 6. The Hall–Kier alpha value is -0.160. The zero-order valence-electron chi connectivity index (χ0n) is 22.5. The highest BCUT2D eigenvalue weighted by molar-refractivity contribution is 5.14. The summed E-state index contributed by atoms with van der Waals surface area (Å²) in [7, 11) is 9.35. The Morgan fingerprint density at radius 2 is 1.48 bits per heavy atom. The highest BCUT2D eigenvalue weighted by atomic mass is 16.5. The molecule has 6 rings (SSSR count). The second-order valence-electron chi connectivity index (χ2n) is 14.0. The zero-order chi connectivity index (χ0) is 23.2.